The van der Waals surface area contributed by atoms with E-state index < -0.39 is 10.0 Å². The Morgan fingerprint density at radius 2 is 1.85 bits per heavy atom. The van der Waals surface area contributed by atoms with E-state index in [9.17, 15) is 13.2 Å². The average Bonchev–Trinajstić information content (AvgIpc) is 2.97. The van der Waals surface area contributed by atoms with Crippen LogP contribution in [0.3, 0.4) is 0 Å². The molecule has 0 bridgehead atoms. The van der Waals surface area contributed by atoms with Crippen molar-refractivity contribution in [2.75, 3.05) is 18.4 Å². The molecule has 1 fully saturated rings. The summed E-state index contributed by atoms with van der Waals surface area (Å²) < 4.78 is 27.3. The molecule has 1 aliphatic heterocycles. The molecule has 0 spiro atoms. The van der Waals surface area contributed by atoms with Crippen LogP contribution in [-0.4, -0.2) is 36.7 Å². The second kappa shape index (κ2) is 9.10. The molecule has 0 radical (unpaired) electrons. The number of pyridine rings is 1. The van der Waals surface area contributed by atoms with Gasteiger partial charge in [0.15, 0.2) is 0 Å². The van der Waals surface area contributed by atoms with Gasteiger partial charge in [0.2, 0.25) is 15.9 Å². The van der Waals surface area contributed by atoms with Gasteiger partial charge in [0, 0.05) is 37.6 Å². The van der Waals surface area contributed by atoms with Gasteiger partial charge in [0.05, 0.1) is 4.90 Å². The van der Waals surface area contributed by atoms with Gasteiger partial charge in [-0.25, -0.2) is 8.42 Å². The quantitative estimate of drug-likeness (QED) is 0.825. The Bertz CT molecular complexity index is 861. The maximum atomic E-state index is 12.9. The van der Waals surface area contributed by atoms with E-state index in [-0.39, 0.29) is 10.8 Å². The van der Waals surface area contributed by atoms with E-state index in [4.69, 9.17) is 0 Å². The molecule has 7 heteroatoms. The highest BCUT2D eigenvalue weighted by molar-refractivity contribution is 7.89. The molecule has 0 atom stereocenters. The molecule has 1 amide bonds. The van der Waals surface area contributed by atoms with Gasteiger partial charge in [-0.2, -0.15) is 4.31 Å². The summed E-state index contributed by atoms with van der Waals surface area (Å²) in [4.78, 5) is 16.5. The molecule has 144 valence electrons. The third-order valence-corrected chi connectivity index (χ3v) is 6.58. The highest BCUT2D eigenvalue weighted by Crippen LogP contribution is 2.22. The molecule has 0 unspecified atom stereocenters. The van der Waals surface area contributed by atoms with E-state index in [2.05, 4.69) is 10.3 Å². The first-order valence-electron chi connectivity index (χ1n) is 9.35. The predicted molar refractivity (Wildman–Crippen MR) is 105 cm³/mol. The van der Waals surface area contributed by atoms with Crippen molar-refractivity contribution in [3.8, 4) is 0 Å². The lowest BCUT2D eigenvalue weighted by molar-refractivity contribution is -0.116. The topological polar surface area (TPSA) is 79.4 Å². The van der Waals surface area contributed by atoms with Crippen LogP contribution in [0.1, 0.15) is 37.7 Å². The van der Waals surface area contributed by atoms with Gasteiger partial charge in [0.1, 0.15) is 0 Å². The number of nitrogens with one attached hydrogen (secondary N) is 1. The number of hydrogen-bond donors (Lipinski definition) is 1. The van der Waals surface area contributed by atoms with E-state index in [1.54, 1.807) is 41.0 Å². The monoisotopic (exact) mass is 387 g/mol. The van der Waals surface area contributed by atoms with Crippen molar-refractivity contribution in [3.63, 3.8) is 0 Å². The zero-order valence-corrected chi connectivity index (χ0v) is 16.1. The number of sulfonamides is 1. The second-order valence-corrected chi connectivity index (χ2v) is 8.69. The lowest BCUT2D eigenvalue weighted by Gasteiger charge is -2.20. The molecule has 27 heavy (non-hydrogen) atoms. The van der Waals surface area contributed by atoms with Crippen LogP contribution in [-0.2, 0) is 21.2 Å². The SMILES string of the molecule is O=C(CCc1cccnc1)Nc1cccc(S(=O)(=O)N2CCCCCC2)c1. The summed E-state index contributed by atoms with van der Waals surface area (Å²) in [5, 5.41) is 2.80. The minimum absolute atomic E-state index is 0.150. The standard InChI is InChI=1S/C20H25N3O3S/c24-20(11-10-17-7-6-12-21-16-17)22-18-8-5-9-19(15-18)27(25,26)23-13-3-1-2-4-14-23/h5-9,12,15-16H,1-4,10-11,13-14H2,(H,22,24). The van der Waals surface area contributed by atoms with Crippen LogP contribution in [0.25, 0.3) is 0 Å². The molecule has 1 aromatic heterocycles. The molecule has 1 N–H and O–H groups in total. The van der Waals surface area contributed by atoms with Crippen LogP contribution < -0.4 is 5.32 Å². The highest BCUT2D eigenvalue weighted by atomic mass is 32.2. The normalized spacial score (nSPS) is 15.9. The molecule has 1 aliphatic rings. The Kier molecular flexibility index (Phi) is 6.58. The predicted octanol–water partition coefficient (Wildman–Crippen LogP) is 3.22. The van der Waals surface area contributed by atoms with Crippen LogP contribution in [0.4, 0.5) is 5.69 Å². The number of nitrogens with zero attached hydrogens (tertiary/aromatic N) is 2. The molecule has 6 nitrogen and oxygen atoms in total. The molecular weight excluding hydrogens is 362 g/mol. The minimum atomic E-state index is -3.53. The average molecular weight is 388 g/mol. The van der Waals surface area contributed by atoms with Crippen molar-refractivity contribution in [2.45, 2.75) is 43.4 Å². The fourth-order valence-electron chi connectivity index (χ4n) is 3.19. The van der Waals surface area contributed by atoms with Gasteiger partial charge >= 0.3 is 0 Å². The van der Waals surface area contributed by atoms with Crippen LogP contribution in [0.5, 0.6) is 0 Å². The summed E-state index contributed by atoms with van der Waals surface area (Å²) in [6, 6.07) is 10.3. The third-order valence-electron chi connectivity index (χ3n) is 4.68. The van der Waals surface area contributed by atoms with Gasteiger partial charge in [-0.3, -0.25) is 9.78 Å². The first kappa shape index (κ1) is 19.5. The summed E-state index contributed by atoms with van der Waals surface area (Å²) >= 11 is 0. The summed E-state index contributed by atoms with van der Waals surface area (Å²) in [6.45, 7) is 1.12. The fraction of sp³-hybridized carbons (Fsp3) is 0.400. The second-order valence-electron chi connectivity index (χ2n) is 6.76. The van der Waals surface area contributed by atoms with Gasteiger partial charge in [-0.1, -0.05) is 25.0 Å². The van der Waals surface area contributed by atoms with E-state index in [1.165, 1.54) is 0 Å². The lowest BCUT2D eigenvalue weighted by Crippen LogP contribution is -2.32. The number of carbonyl (C=O) groups is 1. The first-order chi connectivity index (χ1) is 13.1. The van der Waals surface area contributed by atoms with E-state index in [0.717, 1.165) is 31.2 Å². The van der Waals surface area contributed by atoms with Crippen molar-refractivity contribution in [3.05, 3.63) is 54.4 Å². The summed E-state index contributed by atoms with van der Waals surface area (Å²) in [5.41, 5.74) is 1.49. The van der Waals surface area contributed by atoms with Crippen molar-refractivity contribution in [2.24, 2.45) is 0 Å². The smallest absolute Gasteiger partial charge is 0.243 e. The van der Waals surface area contributed by atoms with E-state index in [0.29, 0.717) is 31.6 Å². The van der Waals surface area contributed by atoms with E-state index in [1.807, 2.05) is 12.1 Å². The summed E-state index contributed by atoms with van der Waals surface area (Å²) in [7, 11) is -3.53. The Morgan fingerprint density at radius 1 is 1.07 bits per heavy atom. The molecule has 2 aromatic rings. The van der Waals surface area contributed by atoms with E-state index >= 15 is 0 Å². The largest absolute Gasteiger partial charge is 0.326 e. The molecule has 0 aliphatic carbocycles. The maximum absolute atomic E-state index is 12.9. The van der Waals surface area contributed by atoms with Crippen molar-refractivity contribution < 1.29 is 13.2 Å². The Morgan fingerprint density at radius 3 is 2.56 bits per heavy atom. The molecule has 2 heterocycles. The number of amides is 1. The Hall–Kier alpha value is -2.25. The van der Waals surface area contributed by atoms with Crippen LogP contribution in [0, 0.1) is 0 Å². The fourth-order valence-corrected chi connectivity index (χ4v) is 4.76. The minimum Gasteiger partial charge on any atom is -0.326 e. The molecule has 0 saturated carbocycles. The number of aromatic nitrogens is 1. The van der Waals surface area contributed by atoms with Gasteiger partial charge < -0.3 is 5.32 Å². The van der Waals surface area contributed by atoms with Gasteiger partial charge in [-0.15, -0.1) is 0 Å². The van der Waals surface area contributed by atoms with Crippen LogP contribution in [0.2, 0.25) is 0 Å². The molecule has 1 aromatic carbocycles. The first-order valence-corrected chi connectivity index (χ1v) is 10.8. The van der Waals surface area contributed by atoms with Crippen LogP contribution >= 0.6 is 0 Å². The lowest BCUT2D eigenvalue weighted by atomic mass is 10.1. The summed E-state index contributed by atoms with van der Waals surface area (Å²) in [6.07, 6.45) is 8.26. The molecule has 3 rings (SSSR count). The van der Waals surface area contributed by atoms with Crippen molar-refractivity contribution in [1.29, 1.82) is 0 Å². The number of aryl methyl sites for hydroxylation is 1. The summed E-state index contributed by atoms with van der Waals surface area (Å²) in [5.74, 6) is -0.150. The van der Waals surface area contributed by atoms with Crippen molar-refractivity contribution >= 4 is 21.6 Å². The molecule has 1 saturated heterocycles. The highest BCUT2D eigenvalue weighted by Gasteiger charge is 2.25. The zero-order chi connectivity index (χ0) is 19.1. The maximum Gasteiger partial charge on any atom is 0.243 e. The molecular formula is C20H25N3O3S. The van der Waals surface area contributed by atoms with Crippen LogP contribution in [0.15, 0.2) is 53.7 Å². The number of hydrogen-bond acceptors (Lipinski definition) is 4. The number of anilines is 1. The number of carbonyl (C=O) groups excluding carboxylic acids is 1. The van der Waals surface area contributed by atoms with Gasteiger partial charge in [0.25, 0.3) is 0 Å². The number of benzene rings is 1. The third kappa shape index (κ3) is 5.37. The Labute approximate surface area is 160 Å². The zero-order valence-electron chi connectivity index (χ0n) is 15.3. The Balaban J connectivity index is 1.65. The van der Waals surface area contributed by atoms with Gasteiger partial charge in [-0.05, 0) is 49.1 Å². The van der Waals surface area contributed by atoms with Crippen molar-refractivity contribution in [1.82, 2.24) is 9.29 Å². The number of rotatable bonds is 6.